The first-order valence-corrected chi connectivity index (χ1v) is 16.4. The Balaban J connectivity index is 1.81. The Bertz CT molecular complexity index is 1710. The highest BCUT2D eigenvalue weighted by Crippen LogP contribution is 2.27. The molecule has 0 saturated heterocycles. The predicted octanol–water partition coefficient (Wildman–Crippen LogP) is 6.05. The molecule has 9 heteroatoms. The summed E-state index contributed by atoms with van der Waals surface area (Å²) in [7, 11) is -4.38. The largest absolute Gasteiger partial charge is 0.354 e. The van der Waals surface area contributed by atoms with Gasteiger partial charge in [-0.05, 0) is 55.2 Å². The van der Waals surface area contributed by atoms with Crippen LogP contribution in [0.2, 0.25) is 0 Å². The summed E-state index contributed by atoms with van der Waals surface area (Å²) in [6.45, 7) is 7.44. The second-order valence-corrected chi connectivity index (χ2v) is 13.5. The fraction of sp³-hybridized carbons (Fsp3) is 0.278. The van der Waals surface area contributed by atoms with Gasteiger partial charge >= 0.3 is 0 Å². The van der Waals surface area contributed by atoms with Crippen LogP contribution in [0.3, 0.4) is 0 Å². The molecule has 45 heavy (non-hydrogen) atoms. The van der Waals surface area contributed by atoms with Gasteiger partial charge in [0.25, 0.3) is 10.0 Å². The minimum atomic E-state index is -4.38. The van der Waals surface area contributed by atoms with Crippen molar-refractivity contribution in [2.45, 2.75) is 51.6 Å². The van der Waals surface area contributed by atoms with Crippen LogP contribution in [0, 0.1) is 25.6 Å². The van der Waals surface area contributed by atoms with E-state index in [9.17, 15) is 18.0 Å². The highest BCUT2D eigenvalue weighted by atomic mass is 32.2. The predicted molar refractivity (Wildman–Crippen MR) is 176 cm³/mol. The summed E-state index contributed by atoms with van der Waals surface area (Å²) in [6, 6.07) is 27.6. The van der Waals surface area contributed by atoms with Gasteiger partial charge in [0.2, 0.25) is 11.8 Å². The zero-order valence-corrected chi connectivity index (χ0v) is 26.9. The molecule has 1 N–H and O–H groups in total. The van der Waals surface area contributed by atoms with Crippen LogP contribution in [0.1, 0.15) is 36.1 Å². The van der Waals surface area contributed by atoms with Gasteiger partial charge in [-0.25, -0.2) is 12.8 Å². The minimum absolute atomic E-state index is 0.0444. The summed E-state index contributed by atoms with van der Waals surface area (Å²) >= 11 is 0. The van der Waals surface area contributed by atoms with Crippen LogP contribution >= 0.6 is 0 Å². The number of carbonyl (C=O) groups is 2. The lowest BCUT2D eigenvalue weighted by Gasteiger charge is -2.34. The Morgan fingerprint density at radius 1 is 0.800 bits per heavy atom. The number of aryl methyl sites for hydroxylation is 2. The van der Waals surface area contributed by atoms with Gasteiger partial charge in [0.05, 0.1) is 10.6 Å². The van der Waals surface area contributed by atoms with Crippen molar-refractivity contribution >= 4 is 27.5 Å². The molecule has 0 aliphatic rings. The fourth-order valence-corrected chi connectivity index (χ4v) is 6.41. The van der Waals surface area contributed by atoms with E-state index in [1.165, 1.54) is 35.2 Å². The molecule has 4 aromatic carbocycles. The Labute approximate surface area is 265 Å². The number of amides is 2. The molecule has 0 spiro atoms. The van der Waals surface area contributed by atoms with E-state index in [1.807, 2.05) is 82.3 Å². The number of nitrogens with one attached hydrogen (secondary N) is 1. The monoisotopic (exact) mass is 629 g/mol. The summed E-state index contributed by atoms with van der Waals surface area (Å²) in [6.07, 6.45) is 0.201. The van der Waals surface area contributed by atoms with E-state index in [2.05, 4.69) is 5.32 Å². The van der Waals surface area contributed by atoms with Gasteiger partial charge in [0.15, 0.2) is 0 Å². The van der Waals surface area contributed by atoms with Gasteiger partial charge in [0, 0.05) is 19.5 Å². The molecule has 1 atom stereocenters. The molecule has 0 saturated carbocycles. The molecule has 0 bridgehead atoms. The summed E-state index contributed by atoms with van der Waals surface area (Å²) < 4.78 is 44.1. The second-order valence-electron chi connectivity index (χ2n) is 11.6. The molecule has 0 heterocycles. The zero-order valence-electron chi connectivity index (χ0n) is 26.1. The topological polar surface area (TPSA) is 86.8 Å². The number of halogens is 1. The number of para-hydroxylation sites is 1. The summed E-state index contributed by atoms with van der Waals surface area (Å²) in [5.74, 6) is -1.62. The van der Waals surface area contributed by atoms with Gasteiger partial charge in [-0.2, -0.15) is 0 Å². The number of anilines is 1. The van der Waals surface area contributed by atoms with Gasteiger partial charge in [0.1, 0.15) is 18.4 Å². The molecule has 236 valence electrons. The normalized spacial score (nSPS) is 12.0. The molecule has 4 rings (SSSR count). The number of benzene rings is 4. The maximum atomic E-state index is 15.2. The van der Waals surface area contributed by atoms with Gasteiger partial charge in [-0.1, -0.05) is 104 Å². The van der Waals surface area contributed by atoms with Crippen LogP contribution in [0.4, 0.5) is 10.1 Å². The molecular formula is C36H40FN3O4S. The molecule has 0 aliphatic heterocycles. The third kappa shape index (κ3) is 8.79. The van der Waals surface area contributed by atoms with Crippen LogP contribution in [-0.4, -0.2) is 44.3 Å². The van der Waals surface area contributed by atoms with Gasteiger partial charge in [-0.15, -0.1) is 0 Å². The van der Waals surface area contributed by atoms with Crippen molar-refractivity contribution in [1.29, 1.82) is 0 Å². The van der Waals surface area contributed by atoms with Crippen LogP contribution in [0.25, 0.3) is 0 Å². The van der Waals surface area contributed by atoms with E-state index >= 15 is 4.39 Å². The number of nitrogens with zero attached hydrogens (tertiary/aromatic N) is 2. The second kappa shape index (κ2) is 15.0. The maximum absolute atomic E-state index is 15.2. The molecular weight excluding hydrogens is 589 g/mol. The van der Waals surface area contributed by atoms with Crippen LogP contribution in [-0.2, 0) is 32.6 Å². The first kappa shape index (κ1) is 33.4. The lowest BCUT2D eigenvalue weighted by Crippen LogP contribution is -2.53. The lowest BCUT2D eigenvalue weighted by molar-refractivity contribution is -0.140. The average Bonchev–Trinajstić information content (AvgIpc) is 3.01. The molecule has 4 aromatic rings. The highest BCUT2D eigenvalue weighted by molar-refractivity contribution is 7.92. The standard InChI is InChI=1S/C36H40FN3O4S/c1-26(2)23-38-36(42)34(22-29-12-6-5-7-13-29)39(24-30-14-10-11-28(4)21-30)35(41)25-40(33-16-9-8-15-32(33)37)45(43,44)31-19-17-27(3)18-20-31/h5-21,26,34H,22-25H2,1-4H3,(H,38,42). The van der Waals surface area contributed by atoms with Crippen molar-refractivity contribution in [2.24, 2.45) is 5.92 Å². The summed E-state index contributed by atoms with van der Waals surface area (Å²) in [4.78, 5) is 29.6. The molecule has 2 amide bonds. The summed E-state index contributed by atoms with van der Waals surface area (Å²) in [5, 5.41) is 2.97. The Morgan fingerprint density at radius 2 is 1.44 bits per heavy atom. The Morgan fingerprint density at radius 3 is 2.09 bits per heavy atom. The number of hydrogen-bond donors (Lipinski definition) is 1. The SMILES string of the molecule is Cc1ccc(S(=O)(=O)N(CC(=O)N(Cc2cccc(C)c2)C(Cc2ccccc2)C(=O)NCC(C)C)c2ccccc2F)cc1. The highest BCUT2D eigenvalue weighted by Gasteiger charge is 2.35. The Hall–Kier alpha value is -4.50. The van der Waals surface area contributed by atoms with E-state index in [0.29, 0.717) is 6.54 Å². The molecule has 0 fully saturated rings. The van der Waals surface area contributed by atoms with E-state index < -0.39 is 34.3 Å². The number of rotatable bonds is 13. The molecule has 1 unspecified atom stereocenters. The molecule has 0 aromatic heterocycles. The van der Waals surface area contributed by atoms with Crippen molar-refractivity contribution in [3.05, 3.63) is 131 Å². The first-order valence-electron chi connectivity index (χ1n) is 15.0. The van der Waals surface area contributed by atoms with Crippen molar-refractivity contribution < 1.29 is 22.4 Å². The number of hydrogen-bond acceptors (Lipinski definition) is 4. The van der Waals surface area contributed by atoms with Gasteiger partial charge in [-0.3, -0.25) is 13.9 Å². The Kier molecular flexibility index (Phi) is 11.1. The van der Waals surface area contributed by atoms with Crippen molar-refractivity contribution in [3.63, 3.8) is 0 Å². The number of carbonyl (C=O) groups excluding carboxylic acids is 2. The third-order valence-corrected chi connectivity index (χ3v) is 9.17. The van der Waals surface area contributed by atoms with Crippen LogP contribution < -0.4 is 9.62 Å². The number of sulfonamides is 1. The van der Waals surface area contributed by atoms with Crippen LogP contribution in [0.5, 0.6) is 0 Å². The van der Waals surface area contributed by atoms with E-state index in [1.54, 1.807) is 12.1 Å². The van der Waals surface area contributed by atoms with E-state index in [0.717, 1.165) is 32.6 Å². The van der Waals surface area contributed by atoms with Crippen LogP contribution in [0.15, 0.2) is 108 Å². The zero-order chi connectivity index (χ0) is 32.6. The maximum Gasteiger partial charge on any atom is 0.264 e. The minimum Gasteiger partial charge on any atom is -0.354 e. The summed E-state index contributed by atoms with van der Waals surface area (Å²) in [5.41, 5.74) is 3.17. The molecule has 7 nitrogen and oxygen atoms in total. The quantitative estimate of drug-likeness (QED) is 0.195. The molecule has 0 aliphatic carbocycles. The van der Waals surface area contributed by atoms with E-state index in [4.69, 9.17) is 0 Å². The average molecular weight is 630 g/mol. The lowest BCUT2D eigenvalue weighted by atomic mass is 10.0. The van der Waals surface area contributed by atoms with Crippen molar-refractivity contribution in [1.82, 2.24) is 10.2 Å². The van der Waals surface area contributed by atoms with Gasteiger partial charge < -0.3 is 10.2 Å². The van der Waals surface area contributed by atoms with E-state index in [-0.39, 0.29) is 35.4 Å². The smallest absolute Gasteiger partial charge is 0.264 e. The third-order valence-electron chi connectivity index (χ3n) is 7.40. The fourth-order valence-electron chi connectivity index (χ4n) is 4.99. The van der Waals surface area contributed by atoms with Crippen molar-refractivity contribution in [2.75, 3.05) is 17.4 Å². The molecule has 0 radical (unpaired) electrons. The van der Waals surface area contributed by atoms with Crippen molar-refractivity contribution in [3.8, 4) is 0 Å². The first-order chi connectivity index (χ1) is 21.5.